The predicted octanol–water partition coefficient (Wildman–Crippen LogP) is 0.765. The number of likely N-dealkylation sites (tertiary alicyclic amines) is 1. The van der Waals surface area contributed by atoms with E-state index >= 15 is 0 Å². The van der Waals surface area contributed by atoms with E-state index in [1.807, 2.05) is 0 Å². The average molecular weight is 255 g/mol. The van der Waals surface area contributed by atoms with Crippen LogP contribution < -0.4 is 5.73 Å². The first kappa shape index (κ1) is 14.3. The van der Waals surface area contributed by atoms with E-state index in [9.17, 15) is 0 Å². The maximum atomic E-state index is 6.14. The van der Waals surface area contributed by atoms with Crippen molar-refractivity contribution in [2.75, 3.05) is 39.3 Å². The Kier molecular flexibility index (Phi) is 5.01. The molecule has 0 aromatic carbocycles. The van der Waals surface area contributed by atoms with Gasteiger partial charge in [0.05, 0.1) is 12.7 Å². The number of nitrogens with two attached hydrogens (primary N) is 1. The lowest BCUT2D eigenvalue weighted by atomic mass is 9.87. The van der Waals surface area contributed by atoms with Gasteiger partial charge in [0.25, 0.3) is 0 Å². The fraction of sp³-hybridized carbons (Fsp3) is 1.00. The van der Waals surface area contributed by atoms with E-state index < -0.39 is 0 Å². The lowest BCUT2D eigenvalue weighted by molar-refractivity contribution is -0.0549. The van der Waals surface area contributed by atoms with Crippen molar-refractivity contribution in [2.45, 2.75) is 45.4 Å². The molecule has 2 aliphatic heterocycles. The van der Waals surface area contributed by atoms with Crippen LogP contribution in [0.5, 0.6) is 0 Å². The second kappa shape index (κ2) is 6.33. The van der Waals surface area contributed by atoms with Crippen LogP contribution in [0.4, 0.5) is 0 Å². The molecule has 0 saturated carbocycles. The molecule has 2 saturated heterocycles. The molecule has 106 valence electrons. The Labute approximate surface area is 111 Å². The van der Waals surface area contributed by atoms with Crippen LogP contribution in [0.3, 0.4) is 0 Å². The summed E-state index contributed by atoms with van der Waals surface area (Å²) >= 11 is 0. The van der Waals surface area contributed by atoms with Crippen molar-refractivity contribution in [1.82, 2.24) is 9.80 Å². The molecule has 4 nitrogen and oxygen atoms in total. The standard InChI is InChI=1S/C14H29N3O/c1-4-16-7-8-18-13(9-16)10-17-6-5-14(15)11(2)12(17)3/h11-14H,4-10,15H2,1-3H3. The minimum atomic E-state index is 0.371. The maximum absolute atomic E-state index is 6.14. The van der Waals surface area contributed by atoms with E-state index in [1.165, 1.54) is 0 Å². The Morgan fingerprint density at radius 2 is 2.06 bits per heavy atom. The van der Waals surface area contributed by atoms with Gasteiger partial charge in [-0.1, -0.05) is 13.8 Å². The minimum Gasteiger partial charge on any atom is -0.374 e. The van der Waals surface area contributed by atoms with Gasteiger partial charge in [0.15, 0.2) is 0 Å². The smallest absolute Gasteiger partial charge is 0.0829 e. The largest absolute Gasteiger partial charge is 0.374 e. The lowest BCUT2D eigenvalue weighted by Gasteiger charge is -2.44. The number of morpholine rings is 1. The fourth-order valence-corrected chi connectivity index (χ4v) is 3.17. The summed E-state index contributed by atoms with van der Waals surface area (Å²) in [7, 11) is 0. The molecule has 2 fully saturated rings. The van der Waals surface area contributed by atoms with Gasteiger partial charge in [-0.25, -0.2) is 0 Å². The predicted molar refractivity (Wildman–Crippen MR) is 74.6 cm³/mol. The van der Waals surface area contributed by atoms with Gasteiger partial charge in [0.1, 0.15) is 0 Å². The summed E-state index contributed by atoms with van der Waals surface area (Å²) in [5, 5.41) is 0. The summed E-state index contributed by atoms with van der Waals surface area (Å²) in [5.41, 5.74) is 6.14. The van der Waals surface area contributed by atoms with Crippen LogP contribution in [-0.2, 0) is 4.74 Å². The van der Waals surface area contributed by atoms with Gasteiger partial charge in [0.2, 0.25) is 0 Å². The van der Waals surface area contributed by atoms with Crippen molar-refractivity contribution < 1.29 is 4.74 Å². The van der Waals surface area contributed by atoms with Crippen LogP contribution >= 0.6 is 0 Å². The third-order valence-corrected chi connectivity index (χ3v) is 4.87. The molecule has 0 aliphatic carbocycles. The summed E-state index contributed by atoms with van der Waals surface area (Å²) in [6.07, 6.45) is 1.50. The lowest BCUT2D eigenvalue weighted by Crippen LogP contribution is -2.55. The number of piperidine rings is 1. The minimum absolute atomic E-state index is 0.371. The van der Waals surface area contributed by atoms with Gasteiger partial charge in [-0.05, 0) is 25.8 Å². The molecule has 2 aliphatic rings. The molecule has 4 atom stereocenters. The molecule has 0 radical (unpaired) electrons. The monoisotopic (exact) mass is 255 g/mol. The molecule has 0 bridgehead atoms. The first-order chi connectivity index (χ1) is 8.61. The number of ether oxygens (including phenoxy) is 1. The Morgan fingerprint density at radius 3 is 2.78 bits per heavy atom. The van der Waals surface area contributed by atoms with Gasteiger partial charge in [-0.3, -0.25) is 9.80 Å². The van der Waals surface area contributed by atoms with Crippen LogP contribution in [0, 0.1) is 5.92 Å². The van der Waals surface area contributed by atoms with Crippen molar-refractivity contribution in [1.29, 1.82) is 0 Å². The maximum Gasteiger partial charge on any atom is 0.0829 e. The number of hydrogen-bond acceptors (Lipinski definition) is 4. The Bertz CT molecular complexity index is 261. The van der Waals surface area contributed by atoms with Gasteiger partial charge >= 0.3 is 0 Å². The second-order valence-corrected chi connectivity index (χ2v) is 5.93. The summed E-state index contributed by atoms with van der Waals surface area (Å²) in [6.45, 7) is 13.2. The van der Waals surface area contributed by atoms with Gasteiger partial charge in [-0.15, -0.1) is 0 Å². The molecule has 4 heteroatoms. The second-order valence-electron chi connectivity index (χ2n) is 5.93. The third-order valence-electron chi connectivity index (χ3n) is 4.87. The number of nitrogens with zero attached hydrogens (tertiary/aromatic N) is 2. The number of likely N-dealkylation sites (N-methyl/N-ethyl adjacent to an activating group) is 1. The fourth-order valence-electron chi connectivity index (χ4n) is 3.17. The zero-order valence-electron chi connectivity index (χ0n) is 12.1. The van der Waals surface area contributed by atoms with Crippen LogP contribution in [0.2, 0.25) is 0 Å². The molecule has 2 N–H and O–H groups in total. The van der Waals surface area contributed by atoms with Crippen molar-refractivity contribution in [3.63, 3.8) is 0 Å². The molecular formula is C14H29N3O. The Hall–Kier alpha value is -0.160. The van der Waals surface area contributed by atoms with Gasteiger partial charge in [0, 0.05) is 38.3 Å². The molecule has 2 rings (SSSR count). The zero-order chi connectivity index (χ0) is 13.1. The first-order valence-electron chi connectivity index (χ1n) is 7.45. The van der Waals surface area contributed by atoms with Gasteiger partial charge < -0.3 is 10.5 Å². The Balaban J connectivity index is 1.85. The highest BCUT2D eigenvalue weighted by Gasteiger charge is 2.32. The molecule has 0 spiro atoms. The topological polar surface area (TPSA) is 41.7 Å². The highest BCUT2D eigenvalue weighted by Crippen LogP contribution is 2.23. The van der Waals surface area contributed by atoms with E-state index in [0.29, 0.717) is 24.1 Å². The summed E-state index contributed by atoms with van der Waals surface area (Å²) in [4.78, 5) is 5.05. The zero-order valence-corrected chi connectivity index (χ0v) is 12.1. The normalized spacial score (nSPS) is 40.0. The quantitative estimate of drug-likeness (QED) is 0.808. The molecule has 0 aromatic heterocycles. The van der Waals surface area contributed by atoms with Crippen molar-refractivity contribution >= 4 is 0 Å². The van der Waals surface area contributed by atoms with Crippen LogP contribution in [-0.4, -0.2) is 67.3 Å². The molecule has 18 heavy (non-hydrogen) atoms. The van der Waals surface area contributed by atoms with E-state index in [-0.39, 0.29) is 0 Å². The number of hydrogen-bond donors (Lipinski definition) is 1. The highest BCUT2D eigenvalue weighted by atomic mass is 16.5. The SMILES string of the molecule is CCN1CCOC(CN2CCC(N)C(C)C2C)C1. The van der Waals surface area contributed by atoms with Crippen LogP contribution in [0.15, 0.2) is 0 Å². The molecule has 0 amide bonds. The summed E-state index contributed by atoms with van der Waals surface area (Å²) in [5.74, 6) is 0.588. The third kappa shape index (κ3) is 3.23. The van der Waals surface area contributed by atoms with Crippen molar-refractivity contribution in [3.05, 3.63) is 0 Å². The van der Waals surface area contributed by atoms with Crippen molar-refractivity contribution in [3.8, 4) is 0 Å². The van der Waals surface area contributed by atoms with E-state index in [0.717, 1.165) is 45.8 Å². The van der Waals surface area contributed by atoms with Gasteiger partial charge in [-0.2, -0.15) is 0 Å². The van der Waals surface area contributed by atoms with Crippen molar-refractivity contribution in [2.24, 2.45) is 11.7 Å². The van der Waals surface area contributed by atoms with E-state index in [4.69, 9.17) is 10.5 Å². The van der Waals surface area contributed by atoms with Crippen LogP contribution in [0.1, 0.15) is 27.2 Å². The molecule has 2 heterocycles. The van der Waals surface area contributed by atoms with Crippen LogP contribution in [0.25, 0.3) is 0 Å². The summed E-state index contributed by atoms with van der Waals surface area (Å²) < 4.78 is 5.91. The Morgan fingerprint density at radius 1 is 1.28 bits per heavy atom. The average Bonchev–Trinajstić information content (AvgIpc) is 2.40. The van der Waals surface area contributed by atoms with E-state index in [1.54, 1.807) is 0 Å². The highest BCUT2D eigenvalue weighted by molar-refractivity contribution is 4.88. The summed E-state index contributed by atoms with van der Waals surface area (Å²) in [6, 6.07) is 0.949. The molecular weight excluding hydrogens is 226 g/mol. The molecule has 0 aromatic rings. The van der Waals surface area contributed by atoms with E-state index in [2.05, 4.69) is 30.6 Å². The molecule has 4 unspecified atom stereocenters. The number of rotatable bonds is 3. The first-order valence-corrected chi connectivity index (χ1v) is 7.45.